The molecule has 0 amide bonds. The molecule has 86 valence electrons. The predicted octanol–water partition coefficient (Wildman–Crippen LogP) is 2.74. The van der Waals surface area contributed by atoms with E-state index in [1.54, 1.807) is 18.5 Å². The van der Waals surface area contributed by atoms with E-state index in [1.807, 2.05) is 24.3 Å². The van der Waals surface area contributed by atoms with E-state index in [9.17, 15) is 5.26 Å². The first-order chi connectivity index (χ1) is 8.88. The number of rotatable bonds is 2. The molecule has 0 bridgehead atoms. The number of fused-ring (bicyclic) bond motifs is 1. The summed E-state index contributed by atoms with van der Waals surface area (Å²) in [6.45, 7) is 0. The second-order valence-electron chi connectivity index (χ2n) is 3.69. The molecule has 1 aromatic carbocycles. The van der Waals surface area contributed by atoms with Gasteiger partial charge in [0, 0.05) is 12.4 Å². The Labute approximate surface area is 108 Å². The van der Waals surface area contributed by atoms with Gasteiger partial charge in [-0.05, 0) is 18.2 Å². The molecule has 0 spiro atoms. The van der Waals surface area contributed by atoms with Crippen molar-refractivity contribution < 1.29 is 0 Å². The first-order valence-electron chi connectivity index (χ1n) is 5.40. The molecule has 0 radical (unpaired) electrons. The van der Waals surface area contributed by atoms with Crippen LogP contribution in [0.5, 0.6) is 0 Å². The number of nitrogens with zero attached hydrogens (tertiary/aromatic N) is 4. The van der Waals surface area contributed by atoms with Gasteiger partial charge in [-0.1, -0.05) is 12.1 Å². The molecule has 2 heterocycles. The van der Waals surface area contributed by atoms with Crippen molar-refractivity contribution in [1.82, 2.24) is 15.0 Å². The van der Waals surface area contributed by atoms with Gasteiger partial charge in [-0.3, -0.25) is 0 Å². The highest BCUT2D eigenvalue weighted by atomic mass is 32.1. The molecule has 1 atom stereocenters. The molecule has 4 nitrogen and oxygen atoms in total. The van der Waals surface area contributed by atoms with Crippen LogP contribution in [0.1, 0.15) is 16.7 Å². The molecule has 0 saturated carbocycles. The van der Waals surface area contributed by atoms with Crippen LogP contribution in [0.2, 0.25) is 0 Å². The summed E-state index contributed by atoms with van der Waals surface area (Å²) in [6, 6.07) is 11.8. The van der Waals surface area contributed by atoms with Crippen molar-refractivity contribution in [3.8, 4) is 6.07 Å². The van der Waals surface area contributed by atoms with Crippen LogP contribution >= 0.6 is 11.3 Å². The number of nitriles is 1. The van der Waals surface area contributed by atoms with Crippen LogP contribution in [0.3, 0.4) is 0 Å². The van der Waals surface area contributed by atoms with Gasteiger partial charge >= 0.3 is 0 Å². The maximum Gasteiger partial charge on any atom is 0.157 e. The second-order valence-corrected chi connectivity index (χ2v) is 4.75. The van der Waals surface area contributed by atoms with E-state index in [0.29, 0.717) is 5.82 Å². The minimum atomic E-state index is -0.497. The Kier molecular flexibility index (Phi) is 2.71. The third-order valence-electron chi connectivity index (χ3n) is 2.53. The van der Waals surface area contributed by atoms with Gasteiger partial charge in [0.25, 0.3) is 0 Å². The molecule has 0 aliphatic carbocycles. The third-order valence-corrected chi connectivity index (χ3v) is 3.63. The van der Waals surface area contributed by atoms with Gasteiger partial charge in [-0.15, -0.1) is 11.3 Å². The number of hydrogen-bond donors (Lipinski definition) is 0. The Balaban J connectivity index is 2.10. The van der Waals surface area contributed by atoms with Gasteiger partial charge in [0.05, 0.1) is 16.3 Å². The van der Waals surface area contributed by atoms with Gasteiger partial charge in [0.15, 0.2) is 11.7 Å². The van der Waals surface area contributed by atoms with E-state index in [-0.39, 0.29) is 0 Å². The molecule has 0 saturated heterocycles. The quantitative estimate of drug-likeness (QED) is 0.703. The smallest absolute Gasteiger partial charge is 0.157 e. The van der Waals surface area contributed by atoms with Crippen LogP contribution in [0.25, 0.3) is 10.2 Å². The second kappa shape index (κ2) is 4.51. The standard InChI is InChI=1S/C13H8N4S/c14-8-9(12-15-6-3-7-16-12)13-17-10-4-1-2-5-11(10)18-13/h1-7,9H. The van der Waals surface area contributed by atoms with Crippen LogP contribution in [0.4, 0.5) is 0 Å². The topological polar surface area (TPSA) is 62.5 Å². The summed E-state index contributed by atoms with van der Waals surface area (Å²) in [5, 5.41) is 10.0. The van der Waals surface area contributed by atoms with Crippen LogP contribution in [-0.2, 0) is 0 Å². The Hall–Kier alpha value is -2.32. The first-order valence-corrected chi connectivity index (χ1v) is 6.22. The average molecular weight is 252 g/mol. The summed E-state index contributed by atoms with van der Waals surface area (Å²) in [4.78, 5) is 12.7. The lowest BCUT2D eigenvalue weighted by atomic mass is 10.1. The Morgan fingerprint density at radius 3 is 2.61 bits per heavy atom. The molecule has 0 fully saturated rings. The van der Waals surface area contributed by atoms with Crippen molar-refractivity contribution in [3.05, 3.63) is 53.6 Å². The molecular formula is C13H8N4S. The van der Waals surface area contributed by atoms with E-state index in [2.05, 4.69) is 21.0 Å². The Morgan fingerprint density at radius 2 is 1.89 bits per heavy atom. The van der Waals surface area contributed by atoms with E-state index in [1.165, 1.54) is 11.3 Å². The lowest BCUT2D eigenvalue weighted by Gasteiger charge is -2.02. The summed E-state index contributed by atoms with van der Waals surface area (Å²) in [5.74, 6) is 0.00246. The van der Waals surface area contributed by atoms with Crippen molar-refractivity contribution >= 4 is 21.6 Å². The minimum absolute atomic E-state index is 0.497. The van der Waals surface area contributed by atoms with Gasteiger partial charge in [0.2, 0.25) is 0 Å². The van der Waals surface area contributed by atoms with E-state index >= 15 is 0 Å². The molecular weight excluding hydrogens is 244 g/mol. The Bertz CT molecular complexity index is 681. The van der Waals surface area contributed by atoms with E-state index < -0.39 is 5.92 Å². The van der Waals surface area contributed by atoms with Gasteiger partial charge in [-0.25, -0.2) is 15.0 Å². The maximum atomic E-state index is 9.29. The molecule has 2 aromatic heterocycles. The normalized spacial score (nSPS) is 12.2. The SMILES string of the molecule is N#CC(c1ncccn1)c1nc2ccccc2s1. The maximum absolute atomic E-state index is 9.29. The van der Waals surface area contributed by atoms with Gasteiger partial charge < -0.3 is 0 Å². The zero-order valence-electron chi connectivity index (χ0n) is 9.32. The number of thiazole rings is 1. The first kappa shape index (κ1) is 10.8. The number of aromatic nitrogens is 3. The highest BCUT2D eigenvalue weighted by Crippen LogP contribution is 2.29. The lowest BCUT2D eigenvalue weighted by Crippen LogP contribution is -2.02. The van der Waals surface area contributed by atoms with E-state index in [0.717, 1.165) is 15.2 Å². The number of hydrogen-bond acceptors (Lipinski definition) is 5. The zero-order chi connectivity index (χ0) is 12.4. The largest absolute Gasteiger partial charge is 0.239 e. The van der Waals surface area contributed by atoms with Crippen LogP contribution in [0, 0.1) is 11.3 Å². The number of benzene rings is 1. The molecule has 1 unspecified atom stereocenters. The molecule has 18 heavy (non-hydrogen) atoms. The summed E-state index contributed by atoms with van der Waals surface area (Å²) >= 11 is 1.51. The van der Waals surface area contributed by atoms with Gasteiger partial charge in [-0.2, -0.15) is 5.26 Å². The van der Waals surface area contributed by atoms with Crippen molar-refractivity contribution in [2.45, 2.75) is 5.92 Å². The highest BCUT2D eigenvalue weighted by molar-refractivity contribution is 7.18. The molecule has 0 aliphatic heterocycles. The van der Waals surface area contributed by atoms with E-state index in [4.69, 9.17) is 0 Å². The summed E-state index contributed by atoms with van der Waals surface area (Å²) < 4.78 is 1.07. The fourth-order valence-electron chi connectivity index (χ4n) is 1.70. The molecule has 0 N–H and O–H groups in total. The molecule has 3 aromatic rings. The fraction of sp³-hybridized carbons (Fsp3) is 0.0769. The highest BCUT2D eigenvalue weighted by Gasteiger charge is 2.20. The lowest BCUT2D eigenvalue weighted by molar-refractivity contribution is 0.883. The van der Waals surface area contributed by atoms with Crippen molar-refractivity contribution in [3.63, 3.8) is 0 Å². The van der Waals surface area contributed by atoms with Crippen molar-refractivity contribution in [2.75, 3.05) is 0 Å². The summed E-state index contributed by atoms with van der Waals surface area (Å²) in [6.07, 6.45) is 3.28. The third kappa shape index (κ3) is 1.83. The van der Waals surface area contributed by atoms with Gasteiger partial charge in [0.1, 0.15) is 5.01 Å². The monoisotopic (exact) mass is 252 g/mol. The molecule has 5 heteroatoms. The fourth-order valence-corrected chi connectivity index (χ4v) is 2.71. The van der Waals surface area contributed by atoms with Crippen molar-refractivity contribution in [2.24, 2.45) is 0 Å². The molecule has 0 aliphatic rings. The predicted molar refractivity (Wildman–Crippen MR) is 69.1 cm³/mol. The minimum Gasteiger partial charge on any atom is -0.239 e. The van der Waals surface area contributed by atoms with Crippen LogP contribution in [-0.4, -0.2) is 15.0 Å². The zero-order valence-corrected chi connectivity index (χ0v) is 10.1. The van der Waals surface area contributed by atoms with Crippen LogP contribution in [0.15, 0.2) is 42.7 Å². The molecule has 3 rings (SSSR count). The van der Waals surface area contributed by atoms with Crippen LogP contribution < -0.4 is 0 Å². The Morgan fingerprint density at radius 1 is 1.11 bits per heavy atom. The summed E-state index contributed by atoms with van der Waals surface area (Å²) in [5.41, 5.74) is 0.911. The summed E-state index contributed by atoms with van der Waals surface area (Å²) in [7, 11) is 0. The van der Waals surface area contributed by atoms with Crippen molar-refractivity contribution in [1.29, 1.82) is 5.26 Å². The average Bonchev–Trinajstić information content (AvgIpc) is 2.84. The number of para-hydroxylation sites is 1.